The maximum Gasteiger partial charge on any atom is 0.407 e. The third-order valence-corrected chi connectivity index (χ3v) is 6.25. The summed E-state index contributed by atoms with van der Waals surface area (Å²) in [7, 11) is -2.49. The van der Waals surface area contributed by atoms with Crippen LogP contribution in [0.2, 0.25) is 0 Å². The van der Waals surface area contributed by atoms with E-state index >= 15 is 0 Å². The summed E-state index contributed by atoms with van der Waals surface area (Å²) in [6.45, 7) is 0.0815. The van der Waals surface area contributed by atoms with Crippen molar-refractivity contribution in [1.29, 1.82) is 0 Å². The summed E-state index contributed by atoms with van der Waals surface area (Å²) in [4.78, 5) is 12.2. The summed E-state index contributed by atoms with van der Waals surface area (Å²) in [6, 6.07) is 7.25. The number of benzene rings is 1. The maximum atomic E-state index is 13.2. The topological polar surface area (TPSA) is 99.8 Å². The predicted octanol–water partition coefficient (Wildman–Crippen LogP) is 3.50. The molecule has 1 aliphatic rings. The SMILES string of the molecule is CN(Cc1cc(C2=CCCCC2)n(S(=O)(=O)c2cccc(O)c2)c1)C(=O)O. The van der Waals surface area contributed by atoms with Crippen molar-refractivity contribution in [3.63, 3.8) is 0 Å². The third kappa shape index (κ3) is 4.00. The van der Waals surface area contributed by atoms with Crippen LogP contribution < -0.4 is 0 Å². The molecule has 1 aromatic carbocycles. The van der Waals surface area contributed by atoms with Crippen molar-refractivity contribution in [3.8, 4) is 5.75 Å². The van der Waals surface area contributed by atoms with E-state index in [1.807, 2.05) is 6.08 Å². The molecule has 1 amide bonds. The molecule has 2 N–H and O–H groups in total. The smallest absolute Gasteiger partial charge is 0.407 e. The lowest BCUT2D eigenvalue weighted by molar-refractivity contribution is 0.154. The lowest BCUT2D eigenvalue weighted by Gasteiger charge is -2.16. The molecule has 0 fully saturated rings. The highest BCUT2D eigenvalue weighted by Crippen LogP contribution is 2.31. The second kappa shape index (κ2) is 7.48. The van der Waals surface area contributed by atoms with E-state index in [1.54, 1.807) is 6.07 Å². The van der Waals surface area contributed by atoms with E-state index in [0.717, 1.165) is 36.2 Å². The van der Waals surface area contributed by atoms with Gasteiger partial charge < -0.3 is 15.1 Å². The Hall–Kier alpha value is -2.74. The summed E-state index contributed by atoms with van der Waals surface area (Å²) < 4.78 is 27.6. The second-order valence-electron chi connectivity index (χ2n) is 6.65. The van der Waals surface area contributed by atoms with E-state index in [2.05, 4.69) is 0 Å². The normalized spacial score (nSPS) is 14.6. The summed E-state index contributed by atoms with van der Waals surface area (Å²) >= 11 is 0. The Morgan fingerprint density at radius 3 is 2.67 bits per heavy atom. The lowest BCUT2D eigenvalue weighted by atomic mass is 9.97. The summed E-state index contributed by atoms with van der Waals surface area (Å²) in [6.07, 6.45) is 6.12. The molecule has 1 aliphatic carbocycles. The Balaban J connectivity index is 2.10. The zero-order valence-electron chi connectivity index (χ0n) is 15.0. The Morgan fingerprint density at radius 2 is 2.04 bits per heavy atom. The Labute approximate surface area is 158 Å². The van der Waals surface area contributed by atoms with Gasteiger partial charge in [0.2, 0.25) is 0 Å². The number of aromatic nitrogens is 1. The van der Waals surface area contributed by atoms with Gasteiger partial charge in [-0.05, 0) is 55.0 Å². The van der Waals surface area contributed by atoms with Crippen LogP contribution in [0.25, 0.3) is 5.57 Å². The fourth-order valence-electron chi connectivity index (χ4n) is 3.19. The van der Waals surface area contributed by atoms with Gasteiger partial charge in [-0.15, -0.1) is 0 Å². The van der Waals surface area contributed by atoms with Crippen molar-refractivity contribution in [2.75, 3.05) is 7.05 Å². The number of aromatic hydroxyl groups is 1. The average molecular weight is 390 g/mol. The molecule has 0 radical (unpaired) electrons. The lowest BCUT2D eigenvalue weighted by Crippen LogP contribution is -2.23. The van der Waals surface area contributed by atoms with Gasteiger partial charge in [-0.25, -0.2) is 17.2 Å². The number of phenolic OH excluding ortho intramolecular Hbond substituents is 1. The van der Waals surface area contributed by atoms with Crippen molar-refractivity contribution in [2.24, 2.45) is 0 Å². The zero-order valence-corrected chi connectivity index (χ0v) is 15.8. The number of carboxylic acid groups (broad SMARTS) is 1. The average Bonchev–Trinajstić information content (AvgIpc) is 3.07. The van der Waals surface area contributed by atoms with Gasteiger partial charge in [0.05, 0.1) is 17.1 Å². The molecule has 144 valence electrons. The molecule has 27 heavy (non-hydrogen) atoms. The van der Waals surface area contributed by atoms with Crippen molar-refractivity contribution in [2.45, 2.75) is 37.1 Å². The van der Waals surface area contributed by atoms with Crippen molar-refractivity contribution < 1.29 is 23.4 Å². The predicted molar refractivity (Wildman–Crippen MR) is 101 cm³/mol. The molecule has 0 saturated heterocycles. The fraction of sp³-hybridized carbons (Fsp3) is 0.316. The van der Waals surface area contributed by atoms with Gasteiger partial charge in [0.1, 0.15) is 5.75 Å². The molecule has 0 bridgehead atoms. The monoisotopic (exact) mass is 390 g/mol. The quantitative estimate of drug-likeness (QED) is 0.814. The standard InChI is InChI=1S/C19H22N2O5S/c1-20(19(23)24)12-14-10-18(15-6-3-2-4-7-15)21(13-14)27(25,26)17-9-5-8-16(22)11-17/h5-6,8-11,13,22H,2-4,7,12H2,1H3,(H,23,24). The van der Waals surface area contributed by atoms with Crippen LogP contribution in [0.15, 0.2) is 47.5 Å². The number of hydrogen-bond donors (Lipinski definition) is 2. The van der Waals surface area contributed by atoms with Crippen LogP contribution in [0.1, 0.15) is 36.9 Å². The summed E-state index contributed by atoms with van der Waals surface area (Å²) in [5.41, 5.74) is 2.08. The first-order valence-electron chi connectivity index (χ1n) is 8.68. The number of rotatable bonds is 5. The van der Waals surface area contributed by atoms with Crippen LogP contribution in [0.5, 0.6) is 5.75 Å². The molecule has 7 nitrogen and oxygen atoms in total. The van der Waals surface area contributed by atoms with Gasteiger partial charge in [0.25, 0.3) is 10.0 Å². The first kappa shape index (κ1) is 19.0. The molecule has 0 atom stereocenters. The van der Waals surface area contributed by atoms with Crippen molar-refractivity contribution in [3.05, 3.63) is 53.9 Å². The number of allylic oxidation sites excluding steroid dienone is 2. The van der Waals surface area contributed by atoms with E-state index in [4.69, 9.17) is 5.11 Å². The van der Waals surface area contributed by atoms with E-state index < -0.39 is 16.1 Å². The van der Waals surface area contributed by atoms with E-state index in [0.29, 0.717) is 11.3 Å². The molecule has 1 heterocycles. The number of phenols is 1. The first-order valence-corrected chi connectivity index (χ1v) is 10.1. The highest BCUT2D eigenvalue weighted by Gasteiger charge is 2.24. The minimum Gasteiger partial charge on any atom is -0.508 e. The highest BCUT2D eigenvalue weighted by molar-refractivity contribution is 7.90. The molecular weight excluding hydrogens is 368 g/mol. The summed E-state index contributed by atoms with van der Waals surface area (Å²) in [5.74, 6) is -0.132. The van der Waals surface area contributed by atoms with Gasteiger partial charge in [-0.2, -0.15) is 0 Å². The number of carbonyl (C=O) groups is 1. The van der Waals surface area contributed by atoms with Gasteiger partial charge in [0, 0.05) is 19.3 Å². The van der Waals surface area contributed by atoms with Crippen LogP contribution >= 0.6 is 0 Å². The van der Waals surface area contributed by atoms with E-state index in [-0.39, 0.29) is 17.2 Å². The van der Waals surface area contributed by atoms with Gasteiger partial charge in [-0.1, -0.05) is 12.1 Å². The molecule has 0 aliphatic heterocycles. The van der Waals surface area contributed by atoms with Crippen LogP contribution in [0, 0.1) is 0 Å². The minimum absolute atomic E-state index is 0.0195. The Morgan fingerprint density at radius 1 is 1.26 bits per heavy atom. The van der Waals surface area contributed by atoms with Crippen LogP contribution in [-0.2, 0) is 16.6 Å². The van der Waals surface area contributed by atoms with E-state index in [1.165, 1.54) is 41.5 Å². The molecule has 0 spiro atoms. The molecule has 1 aromatic heterocycles. The Bertz CT molecular complexity index is 991. The second-order valence-corrected chi connectivity index (χ2v) is 8.46. The molecular formula is C19H22N2O5S. The zero-order chi connectivity index (χ0) is 19.6. The molecule has 3 rings (SSSR count). The molecule has 0 saturated carbocycles. The number of nitrogens with zero attached hydrogens (tertiary/aromatic N) is 2. The van der Waals surface area contributed by atoms with Gasteiger partial charge in [0.15, 0.2) is 0 Å². The molecule has 0 unspecified atom stereocenters. The number of hydrogen-bond acceptors (Lipinski definition) is 4. The van der Waals surface area contributed by atoms with Crippen LogP contribution in [0.4, 0.5) is 4.79 Å². The highest BCUT2D eigenvalue weighted by atomic mass is 32.2. The van der Waals surface area contributed by atoms with E-state index in [9.17, 15) is 18.3 Å². The molecule has 2 aromatic rings. The number of amides is 1. The Kier molecular flexibility index (Phi) is 5.27. The largest absolute Gasteiger partial charge is 0.508 e. The van der Waals surface area contributed by atoms with Crippen LogP contribution in [-0.4, -0.2) is 40.6 Å². The van der Waals surface area contributed by atoms with Crippen LogP contribution in [0.3, 0.4) is 0 Å². The maximum absolute atomic E-state index is 13.2. The van der Waals surface area contributed by atoms with Gasteiger partial charge in [-0.3, -0.25) is 0 Å². The minimum atomic E-state index is -3.93. The first-order chi connectivity index (χ1) is 12.8. The van der Waals surface area contributed by atoms with Crippen molar-refractivity contribution >= 4 is 21.7 Å². The third-order valence-electron chi connectivity index (χ3n) is 4.58. The molecule has 8 heteroatoms. The summed E-state index contributed by atoms with van der Waals surface area (Å²) in [5, 5.41) is 18.8. The van der Waals surface area contributed by atoms with Crippen molar-refractivity contribution in [1.82, 2.24) is 8.87 Å². The fourth-order valence-corrected chi connectivity index (χ4v) is 4.64. The van der Waals surface area contributed by atoms with Gasteiger partial charge >= 0.3 is 6.09 Å².